The first-order valence-corrected chi connectivity index (χ1v) is 9.75. The summed E-state index contributed by atoms with van der Waals surface area (Å²) in [6.07, 6.45) is -0.457. The van der Waals surface area contributed by atoms with E-state index in [9.17, 15) is 9.90 Å². The van der Waals surface area contributed by atoms with Crippen LogP contribution in [0.2, 0.25) is 0 Å². The Morgan fingerprint density at radius 1 is 1.04 bits per heavy atom. The zero-order chi connectivity index (χ0) is 19.7. The third kappa shape index (κ3) is 9.56. The van der Waals surface area contributed by atoms with Gasteiger partial charge in [0.2, 0.25) is 5.91 Å². The van der Waals surface area contributed by atoms with E-state index < -0.39 is 6.10 Å². The Kier molecular flexibility index (Phi) is 12.6. The molecule has 0 aliphatic carbocycles. The van der Waals surface area contributed by atoms with E-state index in [1.54, 1.807) is 0 Å². The van der Waals surface area contributed by atoms with Crippen LogP contribution in [0.5, 0.6) is 0 Å². The fourth-order valence-electron chi connectivity index (χ4n) is 3.25. The van der Waals surface area contributed by atoms with Gasteiger partial charge in [-0.15, -0.1) is 12.4 Å². The van der Waals surface area contributed by atoms with E-state index in [0.29, 0.717) is 25.6 Å². The summed E-state index contributed by atoms with van der Waals surface area (Å²) in [6.45, 7) is 16.5. The van der Waals surface area contributed by atoms with Gasteiger partial charge in [0.25, 0.3) is 0 Å². The second-order valence-electron chi connectivity index (χ2n) is 7.54. The summed E-state index contributed by atoms with van der Waals surface area (Å²) in [4.78, 5) is 16.8. The molecule has 1 rings (SSSR count). The Morgan fingerprint density at radius 3 is 2.04 bits per heavy atom. The molecule has 1 atom stereocenters. The van der Waals surface area contributed by atoms with E-state index in [-0.39, 0.29) is 18.3 Å². The number of aliphatic hydroxyl groups is 1. The lowest BCUT2D eigenvalue weighted by Crippen LogP contribution is -2.44. The molecule has 0 heterocycles. The van der Waals surface area contributed by atoms with Crippen molar-refractivity contribution in [2.24, 2.45) is 5.92 Å². The molecule has 0 spiro atoms. The number of hydrogen-bond acceptors (Lipinski definition) is 4. The van der Waals surface area contributed by atoms with Crippen molar-refractivity contribution >= 4 is 24.0 Å². The van der Waals surface area contributed by atoms with Crippen LogP contribution in [-0.4, -0.2) is 66.2 Å². The highest BCUT2D eigenvalue weighted by molar-refractivity contribution is 5.93. The number of likely N-dealkylation sites (N-methyl/N-ethyl adjacent to an activating group) is 1. The summed E-state index contributed by atoms with van der Waals surface area (Å²) in [7, 11) is 0. The minimum Gasteiger partial charge on any atom is -0.390 e. The van der Waals surface area contributed by atoms with Gasteiger partial charge in [-0.05, 0) is 44.0 Å². The fourth-order valence-corrected chi connectivity index (χ4v) is 3.25. The third-order valence-corrected chi connectivity index (χ3v) is 4.57. The predicted molar refractivity (Wildman–Crippen MR) is 117 cm³/mol. The molecule has 5 nitrogen and oxygen atoms in total. The molecule has 6 heteroatoms. The molecule has 0 fully saturated rings. The number of carbonyl (C=O) groups is 1. The molecule has 1 aromatic carbocycles. The number of rotatable bonds is 11. The average molecular weight is 400 g/mol. The lowest BCUT2D eigenvalue weighted by atomic mass is 10.1. The largest absolute Gasteiger partial charge is 0.390 e. The molecule has 0 radical (unpaired) electrons. The van der Waals surface area contributed by atoms with Gasteiger partial charge in [0.1, 0.15) is 0 Å². The predicted octanol–water partition coefficient (Wildman–Crippen LogP) is 3.32. The average Bonchev–Trinajstić information content (AvgIpc) is 2.55. The molecular weight excluding hydrogens is 362 g/mol. The standard InChI is InChI=1S/C21H37N3O2.ClH/c1-7-23(8-2)13-19(25)14-24(12-16(3)4)15-20(26)22-21-17(5)10-9-11-18(21)6;/h9-11,16,19,25H,7-8,12-15H2,1-6H3,(H,22,26);1H. The summed E-state index contributed by atoms with van der Waals surface area (Å²) >= 11 is 0. The van der Waals surface area contributed by atoms with Crippen LogP contribution in [0.3, 0.4) is 0 Å². The number of para-hydroxylation sites is 1. The Labute approximate surface area is 171 Å². The summed E-state index contributed by atoms with van der Waals surface area (Å²) in [5, 5.41) is 13.5. The second-order valence-corrected chi connectivity index (χ2v) is 7.54. The number of nitrogens with zero attached hydrogens (tertiary/aromatic N) is 2. The number of hydrogen-bond donors (Lipinski definition) is 2. The summed E-state index contributed by atoms with van der Waals surface area (Å²) < 4.78 is 0. The first-order valence-electron chi connectivity index (χ1n) is 9.75. The van der Waals surface area contributed by atoms with Crippen molar-refractivity contribution in [1.29, 1.82) is 0 Å². The van der Waals surface area contributed by atoms with Crippen LogP contribution in [0.15, 0.2) is 18.2 Å². The molecule has 2 N–H and O–H groups in total. The molecule has 0 aliphatic heterocycles. The van der Waals surface area contributed by atoms with Crippen LogP contribution >= 0.6 is 12.4 Å². The van der Waals surface area contributed by atoms with Crippen molar-refractivity contribution in [2.75, 3.05) is 44.6 Å². The number of aliphatic hydroxyl groups excluding tert-OH is 1. The van der Waals surface area contributed by atoms with E-state index in [2.05, 4.69) is 42.8 Å². The number of benzene rings is 1. The zero-order valence-corrected chi connectivity index (χ0v) is 18.6. The normalized spacial score (nSPS) is 12.4. The molecule has 0 aromatic heterocycles. The maximum absolute atomic E-state index is 12.6. The Morgan fingerprint density at radius 2 is 1.56 bits per heavy atom. The van der Waals surface area contributed by atoms with Crippen LogP contribution in [0, 0.1) is 19.8 Å². The number of nitrogens with one attached hydrogen (secondary N) is 1. The van der Waals surface area contributed by atoms with Crippen LogP contribution in [0.25, 0.3) is 0 Å². The maximum atomic E-state index is 12.6. The number of aryl methyl sites for hydroxylation is 2. The van der Waals surface area contributed by atoms with Crippen LogP contribution in [0.4, 0.5) is 5.69 Å². The first-order chi connectivity index (χ1) is 12.3. The van der Waals surface area contributed by atoms with Crippen molar-refractivity contribution in [3.05, 3.63) is 29.3 Å². The first kappa shape index (κ1) is 25.9. The van der Waals surface area contributed by atoms with Crippen molar-refractivity contribution in [3.8, 4) is 0 Å². The fraction of sp³-hybridized carbons (Fsp3) is 0.667. The lowest BCUT2D eigenvalue weighted by molar-refractivity contribution is -0.117. The van der Waals surface area contributed by atoms with E-state index >= 15 is 0 Å². The molecule has 0 aliphatic rings. The molecule has 0 bridgehead atoms. The smallest absolute Gasteiger partial charge is 0.238 e. The molecule has 1 unspecified atom stereocenters. The third-order valence-electron chi connectivity index (χ3n) is 4.57. The maximum Gasteiger partial charge on any atom is 0.238 e. The van der Waals surface area contributed by atoms with Gasteiger partial charge < -0.3 is 15.3 Å². The van der Waals surface area contributed by atoms with Crippen molar-refractivity contribution in [2.45, 2.75) is 47.6 Å². The van der Waals surface area contributed by atoms with E-state index in [1.165, 1.54) is 0 Å². The second kappa shape index (κ2) is 13.1. The van der Waals surface area contributed by atoms with E-state index in [1.807, 2.05) is 32.0 Å². The molecule has 27 heavy (non-hydrogen) atoms. The van der Waals surface area contributed by atoms with Crippen molar-refractivity contribution in [3.63, 3.8) is 0 Å². The molecule has 1 amide bonds. The van der Waals surface area contributed by atoms with Crippen LogP contribution in [0.1, 0.15) is 38.8 Å². The highest BCUT2D eigenvalue weighted by Gasteiger charge is 2.18. The SMILES string of the molecule is CCN(CC)CC(O)CN(CC(=O)Nc1c(C)cccc1C)CC(C)C.Cl. The highest BCUT2D eigenvalue weighted by atomic mass is 35.5. The monoisotopic (exact) mass is 399 g/mol. The topological polar surface area (TPSA) is 55.8 Å². The van der Waals surface area contributed by atoms with Gasteiger partial charge in [0, 0.05) is 25.3 Å². The molecule has 156 valence electrons. The Hall–Kier alpha value is -1.14. The summed E-state index contributed by atoms with van der Waals surface area (Å²) in [5.74, 6) is 0.404. The van der Waals surface area contributed by atoms with Crippen molar-refractivity contribution in [1.82, 2.24) is 9.80 Å². The van der Waals surface area contributed by atoms with Gasteiger partial charge in [0.15, 0.2) is 0 Å². The van der Waals surface area contributed by atoms with Crippen LogP contribution in [-0.2, 0) is 4.79 Å². The molecule has 0 saturated heterocycles. The highest BCUT2D eigenvalue weighted by Crippen LogP contribution is 2.19. The van der Waals surface area contributed by atoms with Gasteiger partial charge in [-0.2, -0.15) is 0 Å². The van der Waals surface area contributed by atoms with Gasteiger partial charge in [-0.25, -0.2) is 0 Å². The molecule has 1 aromatic rings. The summed E-state index contributed by atoms with van der Waals surface area (Å²) in [5.41, 5.74) is 3.02. The zero-order valence-electron chi connectivity index (χ0n) is 17.8. The quantitative estimate of drug-likeness (QED) is 0.599. The lowest BCUT2D eigenvalue weighted by Gasteiger charge is -2.29. The van der Waals surface area contributed by atoms with Gasteiger partial charge in [-0.1, -0.05) is 45.9 Å². The number of carbonyl (C=O) groups excluding carboxylic acids is 1. The van der Waals surface area contributed by atoms with Gasteiger partial charge in [-0.3, -0.25) is 9.69 Å². The Balaban J connectivity index is 0.00000676. The van der Waals surface area contributed by atoms with Crippen molar-refractivity contribution < 1.29 is 9.90 Å². The Bertz CT molecular complexity index is 542. The number of anilines is 1. The van der Waals surface area contributed by atoms with E-state index in [4.69, 9.17) is 0 Å². The number of halogens is 1. The van der Waals surface area contributed by atoms with Crippen LogP contribution < -0.4 is 5.32 Å². The minimum atomic E-state index is -0.457. The van der Waals surface area contributed by atoms with Gasteiger partial charge >= 0.3 is 0 Å². The molecule has 0 saturated carbocycles. The van der Waals surface area contributed by atoms with Gasteiger partial charge in [0.05, 0.1) is 12.6 Å². The number of amides is 1. The summed E-state index contributed by atoms with van der Waals surface area (Å²) in [6, 6.07) is 6.00. The molecular formula is C21H38ClN3O2. The van der Waals surface area contributed by atoms with E-state index in [0.717, 1.165) is 36.4 Å². The minimum absolute atomic E-state index is 0.